The van der Waals surface area contributed by atoms with Crippen molar-refractivity contribution in [2.24, 2.45) is 0 Å². The summed E-state index contributed by atoms with van der Waals surface area (Å²) in [6, 6.07) is 17.2. The molecule has 1 aliphatic rings. The van der Waals surface area contributed by atoms with E-state index in [-0.39, 0.29) is 24.3 Å². The van der Waals surface area contributed by atoms with E-state index in [0.717, 1.165) is 42.6 Å². The fraction of sp³-hybridized carbons (Fsp3) is 0.462. The number of benzene rings is 2. The summed E-state index contributed by atoms with van der Waals surface area (Å²) in [5.74, 6) is 0.684. The molecule has 5 heteroatoms. The summed E-state index contributed by atoms with van der Waals surface area (Å²) in [7, 11) is 1.62. The van der Waals surface area contributed by atoms with Crippen LogP contribution < -0.4 is 10.1 Å². The first kappa shape index (κ1) is 22.9. The smallest absolute Gasteiger partial charge is 0.243 e. The van der Waals surface area contributed by atoms with Gasteiger partial charge in [-0.15, -0.1) is 0 Å². The summed E-state index contributed by atoms with van der Waals surface area (Å²) in [5, 5.41) is 3.22. The Bertz CT molecular complexity index is 829. The number of amides is 2. The highest BCUT2D eigenvalue weighted by Crippen LogP contribution is 2.20. The van der Waals surface area contributed by atoms with E-state index in [1.807, 2.05) is 61.5 Å². The molecule has 1 atom stereocenters. The number of hydrogen-bond donors (Lipinski definition) is 1. The highest BCUT2D eigenvalue weighted by molar-refractivity contribution is 5.88. The fourth-order valence-electron chi connectivity index (χ4n) is 4.26. The molecular weight excluding hydrogens is 388 g/mol. The number of methoxy groups -OCH3 is 1. The van der Waals surface area contributed by atoms with Crippen molar-refractivity contribution < 1.29 is 14.3 Å². The van der Waals surface area contributed by atoms with Gasteiger partial charge in [0, 0.05) is 12.6 Å². The van der Waals surface area contributed by atoms with E-state index in [1.54, 1.807) is 12.0 Å². The SMILES string of the molecule is CC[C@H](C(=O)NC1CCCCC1)N(Cc1ccccc1)C(=O)Cc1ccc(OC)cc1. The normalized spacial score (nSPS) is 15.2. The Kier molecular flexibility index (Phi) is 8.51. The minimum absolute atomic E-state index is 0.0339. The third-order valence-electron chi connectivity index (χ3n) is 6.05. The van der Waals surface area contributed by atoms with Gasteiger partial charge in [0.2, 0.25) is 11.8 Å². The average Bonchev–Trinajstić information content (AvgIpc) is 2.80. The minimum Gasteiger partial charge on any atom is -0.497 e. The van der Waals surface area contributed by atoms with Gasteiger partial charge < -0.3 is 15.0 Å². The summed E-state index contributed by atoms with van der Waals surface area (Å²) < 4.78 is 5.21. The molecule has 1 N–H and O–H groups in total. The molecule has 0 spiro atoms. The number of nitrogens with one attached hydrogen (secondary N) is 1. The molecule has 1 aliphatic carbocycles. The molecule has 0 heterocycles. The number of hydrogen-bond acceptors (Lipinski definition) is 3. The predicted octanol–water partition coefficient (Wildman–Crippen LogP) is 4.49. The lowest BCUT2D eigenvalue weighted by Gasteiger charge is -2.33. The molecule has 0 aromatic heterocycles. The van der Waals surface area contributed by atoms with Crippen LogP contribution in [-0.4, -0.2) is 35.9 Å². The van der Waals surface area contributed by atoms with Gasteiger partial charge >= 0.3 is 0 Å². The molecule has 0 bridgehead atoms. The van der Waals surface area contributed by atoms with Gasteiger partial charge in [0.15, 0.2) is 0 Å². The van der Waals surface area contributed by atoms with Crippen LogP contribution in [-0.2, 0) is 22.6 Å². The lowest BCUT2D eigenvalue weighted by Crippen LogP contribution is -2.51. The van der Waals surface area contributed by atoms with Crippen LogP contribution in [0.5, 0.6) is 5.75 Å². The maximum absolute atomic E-state index is 13.4. The molecule has 2 aromatic carbocycles. The van der Waals surface area contributed by atoms with Gasteiger partial charge in [-0.1, -0.05) is 68.7 Å². The summed E-state index contributed by atoms with van der Waals surface area (Å²) in [4.78, 5) is 28.3. The minimum atomic E-state index is -0.479. The molecule has 5 nitrogen and oxygen atoms in total. The van der Waals surface area contributed by atoms with E-state index < -0.39 is 6.04 Å². The Morgan fingerprint density at radius 2 is 1.68 bits per heavy atom. The van der Waals surface area contributed by atoms with Crippen molar-refractivity contribution in [3.63, 3.8) is 0 Å². The van der Waals surface area contributed by atoms with Crippen molar-refractivity contribution in [2.75, 3.05) is 7.11 Å². The van der Waals surface area contributed by atoms with Crippen molar-refractivity contribution in [1.29, 1.82) is 0 Å². The maximum Gasteiger partial charge on any atom is 0.243 e. The third-order valence-corrected chi connectivity index (χ3v) is 6.05. The molecule has 0 aliphatic heterocycles. The van der Waals surface area contributed by atoms with Gasteiger partial charge in [-0.25, -0.2) is 0 Å². The Hall–Kier alpha value is -2.82. The van der Waals surface area contributed by atoms with E-state index >= 15 is 0 Å². The Balaban J connectivity index is 1.77. The van der Waals surface area contributed by atoms with E-state index in [9.17, 15) is 9.59 Å². The van der Waals surface area contributed by atoms with E-state index in [2.05, 4.69) is 5.32 Å². The maximum atomic E-state index is 13.4. The molecule has 0 radical (unpaired) electrons. The van der Waals surface area contributed by atoms with E-state index in [1.165, 1.54) is 6.42 Å². The molecule has 0 unspecified atom stereocenters. The highest BCUT2D eigenvalue weighted by atomic mass is 16.5. The van der Waals surface area contributed by atoms with Crippen LogP contribution in [0, 0.1) is 0 Å². The Morgan fingerprint density at radius 1 is 1.00 bits per heavy atom. The van der Waals surface area contributed by atoms with Crippen molar-refractivity contribution >= 4 is 11.8 Å². The monoisotopic (exact) mass is 422 g/mol. The third kappa shape index (κ3) is 6.58. The molecular formula is C26H34N2O3. The average molecular weight is 423 g/mol. The first-order valence-electron chi connectivity index (χ1n) is 11.4. The molecule has 1 fully saturated rings. The van der Waals surface area contributed by atoms with Gasteiger partial charge in [-0.05, 0) is 42.5 Å². The first-order chi connectivity index (χ1) is 15.1. The lowest BCUT2D eigenvalue weighted by molar-refractivity contribution is -0.141. The van der Waals surface area contributed by atoms with Crippen LogP contribution in [0.1, 0.15) is 56.6 Å². The van der Waals surface area contributed by atoms with Crippen LogP contribution in [0.4, 0.5) is 0 Å². The quantitative estimate of drug-likeness (QED) is 0.648. The highest BCUT2D eigenvalue weighted by Gasteiger charge is 2.30. The fourth-order valence-corrected chi connectivity index (χ4v) is 4.26. The van der Waals surface area contributed by atoms with Gasteiger partial charge in [0.25, 0.3) is 0 Å². The molecule has 0 saturated heterocycles. The number of carbonyl (C=O) groups is 2. The zero-order valence-corrected chi connectivity index (χ0v) is 18.7. The van der Waals surface area contributed by atoms with E-state index in [0.29, 0.717) is 13.0 Å². The van der Waals surface area contributed by atoms with Crippen LogP contribution in [0.25, 0.3) is 0 Å². The van der Waals surface area contributed by atoms with Gasteiger partial charge in [-0.2, -0.15) is 0 Å². The second-order valence-electron chi connectivity index (χ2n) is 8.30. The predicted molar refractivity (Wildman–Crippen MR) is 123 cm³/mol. The Morgan fingerprint density at radius 3 is 2.29 bits per heavy atom. The van der Waals surface area contributed by atoms with Gasteiger partial charge in [0.1, 0.15) is 11.8 Å². The number of ether oxygens (including phenoxy) is 1. The molecule has 166 valence electrons. The summed E-state index contributed by atoms with van der Waals surface area (Å²) in [6.07, 6.45) is 6.45. The molecule has 2 aromatic rings. The zero-order chi connectivity index (χ0) is 22.1. The molecule has 31 heavy (non-hydrogen) atoms. The number of rotatable bonds is 9. The Labute approximate surface area is 185 Å². The summed E-state index contributed by atoms with van der Waals surface area (Å²) >= 11 is 0. The summed E-state index contributed by atoms with van der Waals surface area (Å²) in [6.45, 7) is 2.40. The molecule has 2 amide bonds. The second kappa shape index (κ2) is 11.5. The van der Waals surface area contributed by atoms with Crippen molar-refractivity contribution in [3.8, 4) is 5.75 Å². The topological polar surface area (TPSA) is 58.6 Å². The van der Waals surface area contributed by atoms with Crippen LogP contribution in [0.15, 0.2) is 54.6 Å². The number of carbonyl (C=O) groups excluding carboxylic acids is 2. The standard InChI is InChI=1S/C26H34N2O3/c1-3-24(26(30)27-22-12-8-5-9-13-22)28(19-21-10-6-4-7-11-21)25(29)18-20-14-16-23(31-2)17-15-20/h4,6-7,10-11,14-17,22,24H,3,5,8-9,12-13,18-19H2,1-2H3,(H,27,30)/t24-/m1/s1. The van der Waals surface area contributed by atoms with Crippen LogP contribution in [0.2, 0.25) is 0 Å². The van der Waals surface area contributed by atoms with Crippen LogP contribution in [0.3, 0.4) is 0 Å². The molecule has 1 saturated carbocycles. The van der Waals surface area contributed by atoms with E-state index in [4.69, 9.17) is 4.74 Å². The van der Waals surface area contributed by atoms with Gasteiger partial charge in [-0.3, -0.25) is 9.59 Å². The molecule has 3 rings (SSSR count). The van der Waals surface area contributed by atoms with Crippen molar-refractivity contribution in [1.82, 2.24) is 10.2 Å². The second-order valence-corrected chi connectivity index (χ2v) is 8.30. The van der Waals surface area contributed by atoms with Crippen molar-refractivity contribution in [3.05, 3.63) is 65.7 Å². The van der Waals surface area contributed by atoms with Crippen LogP contribution >= 0.6 is 0 Å². The van der Waals surface area contributed by atoms with Gasteiger partial charge in [0.05, 0.1) is 13.5 Å². The number of nitrogens with zero attached hydrogens (tertiary/aromatic N) is 1. The van der Waals surface area contributed by atoms with Crippen molar-refractivity contribution in [2.45, 2.75) is 70.5 Å². The largest absolute Gasteiger partial charge is 0.497 e. The first-order valence-corrected chi connectivity index (χ1v) is 11.4. The zero-order valence-electron chi connectivity index (χ0n) is 18.7. The lowest BCUT2D eigenvalue weighted by atomic mass is 9.95. The summed E-state index contributed by atoms with van der Waals surface area (Å²) in [5.41, 5.74) is 1.93.